The molecule has 0 saturated carbocycles. The molecule has 2 rings (SSSR count). The molecule has 0 spiro atoms. The molecule has 0 saturated heterocycles. The van der Waals surface area contributed by atoms with E-state index in [-0.39, 0.29) is 6.03 Å². The monoisotopic (exact) mass is 274 g/mol. The van der Waals surface area contributed by atoms with Crippen LogP contribution in [0.3, 0.4) is 0 Å². The third-order valence-electron chi connectivity index (χ3n) is 3.47. The summed E-state index contributed by atoms with van der Waals surface area (Å²) in [5.41, 5.74) is 1.58. The Labute approximate surface area is 118 Å². The number of carbonyl (C=O) groups is 2. The van der Waals surface area contributed by atoms with Gasteiger partial charge in [-0.25, -0.2) is 9.59 Å². The van der Waals surface area contributed by atoms with Gasteiger partial charge in [-0.3, -0.25) is 4.90 Å². The zero-order valence-corrected chi connectivity index (χ0v) is 11.5. The number of amides is 2. The van der Waals surface area contributed by atoms with Gasteiger partial charge in [0.2, 0.25) is 0 Å². The van der Waals surface area contributed by atoms with E-state index in [0.29, 0.717) is 25.2 Å². The van der Waals surface area contributed by atoms with Crippen LogP contribution in [-0.4, -0.2) is 41.1 Å². The number of anilines is 1. The Morgan fingerprint density at radius 1 is 1.50 bits per heavy atom. The summed E-state index contributed by atoms with van der Waals surface area (Å²) in [6.07, 6.45) is 1.99. The third kappa shape index (κ3) is 2.39. The number of aliphatic carboxylic acids is 1. The number of hydrogen-bond donors (Lipinski definition) is 1. The Morgan fingerprint density at radius 3 is 2.80 bits per heavy atom. The van der Waals surface area contributed by atoms with Gasteiger partial charge < -0.3 is 10.0 Å². The van der Waals surface area contributed by atoms with Crippen molar-refractivity contribution in [1.82, 2.24) is 4.90 Å². The van der Waals surface area contributed by atoms with Gasteiger partial charge >= 0.3 is 12.0 Å². The minimum Gasteiger partial charge on any atom is -0.480 e. The molecule has 1 unspecified atom stereocenters. The molecule has 1 aromatic rings. The number of hydrogen-bond acceptors (Lipinski definition) is 2. The van der Waals surface area contributed by atoms with Gasteiger partial charge in [-0.05, 0) is 18.6 Å². The maximum atomic E-state index is 12.6. The largest absolute Gasteiger partial charge is 0.480 e. The lowest BCUT2D eigenvalue weighted by molar-refractivity contribution is -0.138. The number of carboxylic acid groups (broad SMARTS) is 1. The summed E-state index contributed by atoms with van der Waals surface area (Å²) >= 11 is 0. The molecular weight excluding hydrogens is 256 g/mol. The Bertz CT molecular complexity index is 542. The van der Waals surface area contributed by atoms with Crippen molar-refractivity contribution in [3.05, 3.63) is 42.5 Å². The molecule has 1 heterocycles. The van der Waals surface area contributed by atoms with Crippen molar-refractivity contribution in [3.63, 3.8) is 0 Å². The van der Waals surface area contributed by atoms with Crippen LogP contribution in [0.1, 0.15) is 12.5 Å². The van der Waals surface area contributed by atoms with E-state index >= 15 is 0 Å². The van der Waals surface area contributed by atoms with E-state index in [1.807, 2.05) is 25.1 Å². The second-order valence-electron chi connectivity index (χ2n) is 4.67. The first kappa shape index (κ1) is 14.1. The van der Waals surface area contributed by atoms with Gasteiger partial charge in [0.15, 0.2) is 0 Å². The molecule has 106 valence electrons. The Balaban J connectivity index is 2.37. The Morgan fingerprint density at radius 2 is 2.20 bits per heavy atom. The quantitative estimate of drug-likeness (QED) is 0.856. The van der Waals surface area contributed by atoms with E-state index in [1.165, 1.54) is 4.90 Å². The molecule has 20 heavy (non-hydrogen) atoms. The van der Waals surface area contributed by atoms with E-state index in [9.17, 15) is 14.7 Å². The smallest absolute Gasteiger partial charge is 0.327 e. The maximum absolute atomic E-state index is 12.6. The molecule has 0 bridgehead atoms. The highest BCUT2D eigenvalue weighted by molar-refractivity contribution is 6.01. The van der Waals surface area contributed by atoms with Gasteiger partial charge in [0.05, 0.1) is 0 Å². The summed E-state index contributed by atoms with van der Waals surface area (Å²) < 4.78 is 0. The minimum absolute atomic E-state index is 0.287. The molecule has 2 amide bonds. The van der Waals surface area contributed by atoms with Crippen molar-refractivity contribution in [2.24, 2.45) is 0 Å². The van der Waals surface area contributed by atoms with Gasteiger partial charge in [-0.1, -0.05) is 24.3 Å². The molecule has 0 aromatic heterocycles. The molecule has 1 N–H and O–H groups in total. The maximum Gasteiger partial charge on any atom is 0.327 e. The van der Waals surface area contributed by atoms with Crippen molar-refractivity contribution < 1.29 is 14.7 Å². The number of urea groups is 1. The standard InChI is InChI=1S/C15H18N2O3/c1-3-9-16(4-2)15(20)17-12-8-6-5-7-11(12)10-13(17)14(18)19/h3,5-8,13H,1,4,9-10H2,2H3,(H,18,19). The minimum atomic E-state index is -0.982. The summed E-state index contributed by atoms with van der Waals surface area (Å²) in [7, 11) is 0. The van der Waals surface area contributed by atoms with Crippen molar-refractivity contribution >= 4 is 17.7 Å². The molecular formula is C15H18N2O3. The molecule has 1 atom stereocenters. The molecule has 1 aliphatic heterocycles. The number of carboxylic acids is 1. The van der Waals surface area contributed by atoms with Crippen LogP contribution in [0.2, 0.25) is 0 Å². The van der Waals surface area contributed by atoms with E-state index in [0.717, 1.165) is 5.56 Å². The van der Waals surface area contributed by atoms with Gasteiger partial charge in [0.25, 0.3) is 0 Å². The van der Waals surface area contributed by atoms with E-state index < -0.39 is 12.0 Å². The SMILES string of the molecule is C=CCN(CC)C(=O)N1c2ccccc2CC1C(=O)O. The zero-order valence-electron chi connectivity index (χ0n) is 11.5. The number of para-hydroxylation sites is 1. The predicted octanol–water partition coefficient (Wildman–Crippen LogP) is 2.13. The Kier molecular flexibility index (Phi) is 4.08. The molecule has 5 heteroatoms. The Hall–Kier alpha value is -2.30. The first-order valence-corrected chi connectivity index (χ1v) is 6.59. The van der Waals surface area contributed by atoms with Gasteiger partial charge in [0, 0.05) is 25.2 Å². The van der Waals surface area contributed by atoms with Crippen molar-refractivity contribution in [2.45, 2.75) is 19.4 Å². The number of likely N-dealkylation sites (N-methyl/N-ethyl adjacent to an activating group) is 1. The van der Waals surface area contributed by atoms with Crippen LogP contribution in [0.4, 0.5) is 10.5 Å². The van der Waals surface area contributed by atoms with Crippen LogP contribution in [0.25, 0.3) is 0 Å². The lowest BCUT2D eigenvalue weighted by Crippen LogP contribution is -2.49. The fourth-order valence-corrected chi connectivity index (χ4v) is 2.47. The van der Waals surface area contributed by atoms with E-state index in [2.05, 4.69) is 6.58 Å². The van der Waals surface area contributed by atoms with Crippen LogP contribution in [-0.2, 0) is 11.2 Å². The average Bonchev–Trinajstić information content (AvgIpc) is 2.83. The number of rotatable bonds is 4. The summed E-state index contributed by atoms with van der Waals surface area (Å²) in [6.45, 7) is 6.40. The molecule has 0 radical (unpaired) electrons. The lowest BCUT2D eigenvalue weighted by atomic mass is 10.1. The van der Waals surface area contributed by atoms with Crippen molar-refractivity contribution in [2.75, 3.05) is 18.0 Å². The van der Waals surface area contributed by atoms with E-state index in [4.69, 9.17) is 0 Å². The van der Waals surface area contributed by atoms with Crippen LogP contribution in [0.15, 0.2) is 36.9 Å². The second kappa shape index (κ2) is 5.77. The molecule has 5 nitrogen and oxygen atoms in total. The predicted molar refractivity (Wildman–Crippen MR) is 76.9 cm³/mol. The first-order chi connectivity index (χ1) is 9.60. The molecule has 0 fully saturated rings. The highest BCUT2D eigenvalue weighted by Crippen LogP contribution is 2.33. The van der Waals surface area contributed by atoms with Gasteiger partial charge in [-0.2, -0.15) is 0 Å². The number of nitrogens with zero attached hydrogens (tertiary/aromatic N) is 2. The molecule has 0 aliphatic carbocycles. The first-order valence-electron chi connectivity index (χ1n) is 6.59. The summed E-state index contributed by atoms with van der Waals surface area (Å²) in [5.74, 6) is -0.982. The van der Waals surface area contributed by atoms with Crippen molar-refractivity contribution in [1.29, 1.82) is 0 Å². The van der Waals surface area contributed by atoms with Crippen LogP contribution >= 0.6 is 0 Å². The third-order valence-corrected chi connectivity index (χ3v) is 3.47. The number of fused-ring (bicyclic) bond motifs is 1. The lowest BCUT2D eigenvalue weighted by Gasteiger charge is -2.29. The topological polar surface area (TPSA) is 60.9 Å². The summed E-state index contributed by atoms with van der Waals surface area (Å²) in [6, 6.07) is 6.20. The highest BCUT2D eigenvalue weighted by atomic mass is 16.4. The average molecular weight is 274 g/mol. The van der Waals surface area contributed by atoms with Gasteiger partial charge in [0.1, 0.15) is 6.04 Å². The van der Waals surface area contributed by atoms with Crippen LogP contribution in [0.5, 0.6) is 0 Å². The number of benzene rings is 1. The zero-order chi connectivity index (χ0) is 14.7. The number of carbonyl (C=O) groups excluding carboxylic acids is 1. The molecule has 1 aliphatic rings. The van der Waals surface area contributed by atoms with Crippen LogP contribution < -0.4 is 4.90 Å². The second-order valence-corrected chi connectivity index (χ2v) is 4.67. The fraction of sp³-hybridized carbons (Fsp3) is 0.333. The summed E-state index contributed by atoms with van der Waals surface area (Å²) in [4.78, 5) is 27.0. The molecule has 1 aromatic carbocycles. The van der Waals surface area contributed by atoms with Crippen molar-refractivity contribution in [3.8, 4) is 0 Å². The van der Waals surface area contributed by atoms with Crippen LogP contribution in [0, 0.1) is 0 Å². The highest BCUT2D eigenvalue weighted by Gasteiger charge is 2.39. The van der Waals surface area contributed by atoms with E-state index in [1.54, 1.807) is 17.0 Å². The fourth-order valence-electron chi connectivity index (χ4n) is 2.47. The van der Waals surface area contributed by atoms with Gasteiger partial charge in [-0.15, -0.1) is 6.58 Å². The normalized spacial score (nSPS) is 16.6. The summed E-state index contributed by atoms with van der Waals surface area (Å²) in [5, 5.41) is 9.36.